The molecule has 4 nitrogen and oxygen atoms in total. The Morgan fingerprint density at radius 2 is 2.10 bits per heavy atom. The number of anilines is 1. The second-order valence-electron chi connectivity index (χ2n) is 5.75. The fourth-order valence-electron chi connectivity index (χ4n) is 3.16. The predicted octanol–water partition coefficient (Wildman–Crippen LogP) is 2.99. The van der Waals surface area contributed by atoms with Crippen LogP contribution in [0.5, 0.6) is 0 Å². The molecule has 2 atom stereocenters. The number of aryl methyl sites for hydroxylation is 1. The number of aliphatic hydroxyl groups is 1. The van der Waals surface area contributed by atoms with Crippen molar-refractivity contribution in [1.82, 2.24) is 4.98 Å². The van der Waals surface area contributed by atoms with Crippen LogP contribution in [0.15, 0.2) is 12.3 Å². The number of nitrogen functional groups attached to an aromatic ring is 1. The minimum atomic E-state index is -0.689. The van der Waals surface area contributed by atoms with Gasteiger partial charge in [-0.2, -0.15) is 0 Å². The quantitative estimate of drug-likeness (QED) is 0.868. The third-order valence-corrected chi connectivity index (χ3v) is 4.19. The summed E-state index contributed by atoms with van der Waals surface area (Å²) in [6.45, 7) is 4.54. The molecule has 1 aliphatic rings. The Bertz CT molecular complexity index is 430. The summed E-state index contributed by atoms with van der Waals surface area (Å²) in [4.78, 5) is 4.15. The molecule has 1 aliphatic carbocycles. The highest BCUT2D eigenvalue weighted by Gasteiger charge is 2.32. The van der Waals surface area contributed by atoms with Crippen molar-refractivity contribution in [2.75, 3.05) is 12.3 Å². The van der Waals surface area contributed by atoms with Gasteiger partial charge in [0.25, 0.3) is 0 Å². The lowest BCUT2D eigenvalue weighted by atomic mass is 9.82. The Kier molecular flexibility index (Phi) is 5.38. The molecule has 1 heterocycles. The van der Waals surface area contributed by atoms with E-state index < -0.39 is 6.10 Å². The molecule has 1 saturated carbocycles. The summed E-state index contributed by atoms with van der Waals surface area (Å²) in [5.41, 5.74) is 7.64. The summed E-state index contributed by atoms with van der Waals surface area (Å²) in [6, 6.07) is 1.92. The molecule has 0 aromatic carbocycles. The van der Waals surface area contributed by atoms with Crippen LogP contribution in [0.25, 0.3) is 0 Å². The zero-order valence-corrected chi connectivity index (χ0v) is 12.5. The number of nitrogens with zero attached hydrogens (tertiary/aromatic N) is 1. The maximum atomic E-state index is 10.7. The van der Waals surface area contributed by atoms with Gasteiger partial charge in [-0.15, -0.1) is 0 Å². The van der Waals surface area contributed by atoms with Gasteiger partial charge in [0, 0.05) is 18.4 Å². The summed E-state index contributed by atoms with van der Waals surface area (Å²) in [5, 5.41) is 10.7. The number of aromatic nitrogens is 1. The largest absolute Gasteiger partial charge is 0.386 e. The Hall–Kier alpha value is -1.13. The average Bonchev–Trinajstić information content (AvgIpc) is 2.47. The molecule has 4 heteroatoms. The average molecular weight is 278 g/mol. The molecule has 0 spiro atoms. The minimum absolute atomic E-state index is 0.175. The summed E-state index contributed by atoms with van der Waals surface area (Å²) in [6.07, 6.45) is 6.85. The van der Waals surface area contributed by atoms with E-state index in [1.54, 1.807) is 6.20 Å². The molecule has 112 valence electrons. The standard InChI is InChI=1S/C16H26N2O2/c1-3-20-15(12-7-5-4-6-8-12)14(19)13-9-11(2)10-18-16(13)17/h9-10,12,14-15,19H,3-8H2,1-2H3,(H2,17,18). The molecule has 1 aromatic heterocycles. The number of hydrogen-bond acceptors (Lipinski definition) is 4. The maximum Gasteiger partial charge on any atom is 0.129 e. The topological polar surface area (TPSA) is 68.4 Å². The molecule has 0 radical (unpaired) electrons. The fourth-order valence-corrected chi connectivity index (χ4v) is 3.16. The number of rotatable bonds is 5. The van der Waals surface area contributed by atoms with Crippen LogP contribution in [0.2, 0.25) is 0 Å². The van der Waals surface area contributed by atoms with Crippen molar-refractivity contribution < 1.29 is 9.84 Å². The Balaban J connectivity index is 2.20. The van der Waals surface area contributed by atoms with Gasteiger partial charge in [-0.1, -0.05) is 19.3 Å². The second kappa shape index (κ2) is 7.04. The van der Waals surface area contributed by atoms with Gasteiger partial charge < -0.3 is 15.6 Å². The molecule has 0 saturated heterocycles. The van der Waals surface area contributed by atoms with Crippen LogP contribution >= 0.6 is 0 Å². The molecule has 2 unspecified atom stereocenters. The SMILES string of the molecule is CCOC(C1CCCCC1)C(O)c1cc(C)cnc1N. The van der Waals surface area contributed by atoms with Crippen molar-refractivity contribution in [3.05, 3.63) is 23.4 Å². The van der Waals surface area contributed by atoms with E-state index in [-0.39, 0.29) is 6.10 Å². The van der Waals surface area contributed by atoms with Crippen molar-refractivity contribution in [3.8, 4) is 0 Å². The second-order valence-corrected chi connectivity index (χ2v) is 5.75. The highest BCUT2D eigenvalue weighted by molar-refractivity contribution is 5.42. The van der Waals surface area contributed by atoms with E-state index in [1.807, 2.05) is 19.9 Å². The summed E-state index contributed by atoms with van der Waals surface area (Å²) < 4.78 is 5.86. The van der Waals surface area contributed by atoms with E-state index >= 15 is 0 Å². The molecule has 0 amide bonds. The van der Waals surface area contributed by atoms with Crippen LogP contribution < -0.4 is 5.73 Å². The molecule has 0 bridgehead atoms. The summed E-state index contributed by atoms with van der Waals surface area (Å²) in [7, 11) is 0. The van der Waals surface area contributed by atoms with Crippen molar-refractivity contribution in [2.45, 2.75) is 58.2 Å². The van der Waals surface area contributed by atoms with E-state index in [1.165, 1.54) is 19.3 Å². The zero-order chi connectivity index (χ0) is 14.5. The molecule has 1 fully saturated rings. The van der Waals surface area contributed by atoms with Crippen LogP contribution in [-0.4, -0.2) is 22.8 Å². The summed E-state index contributed by atoms with van der Waals surface area (Å²) >= 11 is 0. The van der Waals surface area contributed by atoms with E-state index in [9.17, 15) is 5.11 Å². The number of nitrogens with two attached hydrogens (primary N) is 1. The van der Waals surface area contributed by atoms with Crippen LogP contribution in [0.1, 0.15) is 56.3 Å². The number of ether oxygens (including phenoxy) is 1. The highest BCUT2D eigenvalue weighted by atomic mass is 16.5. The number of pyridine rings is 1. The Labute approximate surface area is 121 Å². The van der Waals surface area contributed by atoms with E-state index in [2.05, 4.69) is 4.98 Å². The molecular weight excluding hydrogens is 252 g/mol. The van der Waals surface area contributed by atoms with Gasteiger partial charge in [-0.05, 0) is 44.2 Å². The normalized spacial score (nSPS) is 19.8. The van der Waals surface area contributed by atoms with Crippen molar-refractivity contribution >= 4 is 5.82 Å². The Morgan fingerprint density at radius 3 is 2.75 bits per heavy atom. The Morgan fingerprint density at radius 1 is 1.40 bits per heavy atom. The summed E-state index contributed by atoms with van der Waals surface area (Å²) in [5.74, 6) is 0.822. The monoisotopic (exact) mass is 278 g/mol. The van der Waals surface area contributed by atoms with Gasteiger partial charge in [0.15, 0.2) is 0 Å². The van der Waals surface area contributed by atoms with Gasteiger partial charge >= 0.3 is 0 Å². The van der Waals surface area contributed by atoms with E-state index in [0.29, 0.717) is 23.9 Å². The molecule has 2 rings (SSSR count). The number of hydrogen-bond donors (Lipinski definition) is 2. The van der Waals surface area contributed by atoms with Crippen molar-refractivity contribution in [1.29, 1.82) is 0 Å². The molecule has 0 aliphatic heterocycles. The smallest absolute Gasteiger partial charge is 0.129 e. The van der Waals surface area contributed by atoms with Gasteiger partial charge in [0.1, 0.15) is 11.9 Å². The van der Waals surface area contributed by atoms with Gasteiger partial charge in [-0.25, -0.2) is 4.98 Å². The van der Waals surface area contributed by atoms with E-state index in [4.69, 9.17) is 10.5 Å². The van der Waals surface area contributed by atoms with Crippen LogP contribution in [0.3, 0.4) is 0 Å². The fraction of sp³-hybridized carbons (Fsp3) is 0.688. The first-order valence-electron chi connectivity index (χ1n) is 7.65. The lowest BCUT2D eigenvalue weighted by molar-refractivity contribution is -0.0737. The third kappa shape index (κ3) is 3.49. The first-order valence-corrected chi connectivity index (χ1v) is 7.65. The first kappa shape index (κ1) is 15.3. The van der Waals surface area contributed by atoms with Gasteiger partial charge in [0.2, 0.25) is 0 Å². The first-order chi connectivity index (χ1) is 9.63. The van der Waals surface area contributed by atoms with Gasteiger partial charge in [0.05, 0.1) is 6.10 Å². The van der Waals surface area contributed by atoms with E-state index in [0.717, 1.165) is 18.4 Å². The predicted molar refractivity (Wildman–Crippen MR) is 80.3 cm³/mol. The maximum absolute atomic E-state index is 10.7. The third-order valence-electron chi connectivity index (χ3n) is 4.19. The highest BCUT2D eigenvalue weighted by Crippen LogP contribution is 2.35. The van der Waals surface area contributed by atoms with Crippen LogP contribution in [0, 0.1) is 12.8 Å². The zero-order valence-electron chi connectivity index (χ0n) is 12.5. The van der Waals surface area contributed by atoms with Crippen LogP contribution in [0.4, 0.5) is 5.82 Å². The minimum Gasteiger partial charge on any atom is -0.386 e. The van der Waals surface area contributed by atoms with Crippen molar-refractivity contribution in [3.63, 3.8) is 0 Å². The van der Waals surface area contributed by atoms with Gasteiger partial charge in [-0.3, -0.25) is 0 Å². The lowest BCUT2D eigenvalue weighted by Gasteiger charge is -2.33. The molecule has 3 N–H and O–H groups in total. The molecule has 1 aromatic rings. The molecule has 20 heavy (non-hydrogen) atoms. The van der Waals surface area contributed by atoms with Crippen molar-refractivity contribution in [2.24, 2.45) is 5.92 Å². The molecular formula is C16H26N2O2. The lowest BCUT2D eigenvalue weighted by Crippen LogP contribution is -2.33. The van der Waals surface area contributed by atoms with Crippen LogP contribution in [-0.2, 0) is 4.74 Å². The number of aliphatic hydroxyl groups excluding tert-OH is 1.